The van der Waals surface area contributed by atoms with Gasteiger partial charge >= 0.3 is 6.18 Å². The molecule has 0 saturated carbocycles. The predicted molar refractivity (Wildman–Crippen MR) is 74.7 cm³/mol. The Balaban J connectivity index is 1.79. The average Bonchev–Trinajstić information content (AvgIpc) is 2.38. The van der Waals surface area contributed by atoms with Gasteiger partial charge in [-0.15, -0.1) is 0 Å². The highest BCUT2D eigenvalue weighted by atomic mass is 19.4. The molecule has 0 bridgehead atoms. The van der Waals surface area contributed by atoms with Gasteiger partial charge in [0.05, 0.1) is 12.5 Å². The van der Waals surface area contributed by atoms with Gasteiger partial charge < -0.3 is 11.1 Å². The highest BCUT2D eigenvalue weighted by Gasteiger charge is 2.41. The van der Waals surface area contributed by atoms with E-state index in [2.05, 4.69) is 5.32 Å². The minimum absolute atomic E-state index is 0.0507. The van der Waals surface area contributed by atoms with Crippen LogP contribution in [0.4, 0.5) is 24.5 Å². The number of nitrogens with one attached hydrogen (secondary N) is 1. The first-order valence-corrected chi connectivity index (χ1v) is 6.79. The number of nitrogens with zero attached hydrogens (tertiary/aromatic N) is 1. The molecule has 0 atom stereocenters. The summed E-state index contributed by atoms with van der Waals surface area (Å²) < 4.78 is 37.6. The van der Waals surface area contributed by atoms with Gasteiger partial charge in [-0.05, 0) is 44.1 Å². The molecule has 1 fully saturated rings. The van der Waals surface area contributed by atoms with E-state index in [0.717, 1.165) is 0 Å². The Morgan fingerprint density at radius 2 is 2.00 bits per heavy atom. The summed E-state index contributed by atoms with van der Waals surface area (Å²) in [6.07, 6.45) is -4.03. The molecule has 21 heavy (non-hydrogen) atoms. The second-order valence-electron chi connectivity index (χ2n) is 5.27. The molecule has 0 unspecified atom stereocenters. The summed E-state index contributed by atoms with van der Waals surface area (Å²) in [7, 11) is 0. The maximum atomic E-state index is 12.5. The second kappa shape index (κ2) is 6.34. The van der Waals surface area contributed by atoms with Crippen molar-refractivity contribution in [3.05, 3.63) is 24.3 Å². The van der Waals surface area contributed by atoms with Crippen molar-refractivity contribution < 1.29 is 18.0 Å². The fraction of sp³-hybridized carbons (Fsp3) is 0.500. The molecular weight excluding hydrogens is 283 g/mol. The van der Waals surface area contributed by atoms with Crippen LogP contribution in [0.3, 0.4) is 0 Å². The van der Waals surface area contributed by atoms with Gasteiger partial charge in [-0.3, -0.25) is 9.69 Å². The van der Waals surface area contributed by atoms with E-state index >= 15 is 0 Å². The Hall–Kier alpha value is -1.76. The van der Waals surface area contributed by atoms with E-state index < -0.39 is 12.1 Å². The third kappa shape index (κ3) is 4.63. The minimum atomic E-state index is -4.13. The Kier molecular flexibility index (Phi) is 4.72. The number of amides is 1. The van der Waals surface area contributed by atoms with Crippen LogP contribution in [-0.4, -0.2) is 36.6 Å². The SMILES string of the molecule is Nc1cccc(NC(=O)CN2CCC(C(F)(F)F)CC2)c1. The number of likely N-dealkylation sites (tertiary alicyclic amines) is 1. The Morgan fingerprint density at radius 1 is 1.33 bits per heavy atom. The monoisotopic (exact) mass is 301 g/mol. The first-order chi connectivity index (χ1) is 9.84. The lowest BCUT2D eigenvalue weighted by Crippen LogP contribution is -2.42. The fourth-order valence-corrected chi connectivity index (χ4v) is 2.44. The third-order valence-corrected chi connectivity index (χ3v) is 3.59. The summed E-state index contributed by atoms with van der Waals surface area (Å²) in [6.45, 7) is 0.669. The Bertz CT molecular complexity index is 496. The van der Waals surface area contributed by atoms with Crippen molar-refractivity contribution in [2.24, 2.45) is 5.92 Å². The molecule has 1 aromatic carbocycles. The second-order valence-corrected chi connectivity index (χ2v) is 5.27. The molecule has 4 nitrogen and oxygen atoms in total. The lowest BCUT2D eigenvalue weighted by atomic mass is 9.96. The van der Waals surface area contributed by atoms with Crippen molar-refractivity contribution in [3.63, 3.8) is 0 Å². The number of alkyl halides is 3. The molecule has 1 amide bonds. The molecule has 116 valence electrons. The fourth-order valence-electron chi connectivity index (χ4n) is 2.44. The summed E-state index contributed by atoms with van der Waals surface area (Å²) >= 11 is 0. The van der Waals surface area contributed by atoms with E-state index in [4.69, 9.17) is 5.73 Å². The molecule has 7 heteroatoms. The van der Waals surface area contributed by atoms with Crippen LogP contribution in [0.1, 0.15) is 12.8 Å². The number of nitrogen functional groups attached to an aromatic ring is 1. The van der Waals surface area contributed by atoms with Crippen LogP contribution in [0, 0.1) is 5.92 Å². The van der Waals surface area contributed by atoms with E-state index in [0.29, 0.717) is 11.4 Å². The van der Waals surface area contributed by atoms with E-state index in [1.807, 2.05) is 0 Å². The number of hydrogen-bond acceptors (Lipinski definition) is 3. The lowest BCUT2D eigenvalue weighted by molar-refractivity contribution is -0.184. The van der Waals surface area contributed by atoms with Crippen molar-refractivity contribution in [2.45, 2.75) is 19.0 Å². The number of carbonyl (C=O) groups excluding carboxylic acids is 1. The predicted octanol–water partition coefficient (Wildman–Crippen LogP) is 2.48. The minimum Gasteiger partial charge on any atom is -0.399 e. The van der Waals surface area contributed by atoms with E-state index in [1.54, 1.807) is 29.2 Å². The van der Waals surface area contributed by atoms with Crippen LogP contribution in [0.5, 0.6) is 0 Å². The summed E-state index contributed by atoms with van der Waals surface area (Å²) in [6, 6.07) is 6.77. The van der Waals surface area contributed by atoms with Crippen LogP contribution >= 0.6 is 0 Å². The number of piperidine rings is 1. The number of rotatable bonds is 3. The first-order valence-electron chi connectivity index (χ1n) is 6.79. The number of carbonyl (C=O) groups is 1. The topological polar surface area (TPSA) is 58.4 Å². The molecule has 2 rings (SSSR count). The van der Waals surface area contributed by atoms with Gasteiger partial charge in [0.2, 0.25) is 5.91 Å². The van der Waals surface area contributed by atoms with E-state index in [1.165, 1.54) is 0 Å². The van der Waals surface area contributed by atoms with Crippen molar-refractivity contribution in [3.8, 4) is 0 Å². The zero-order valence-electron chi connectivity index (χ0n) is 11.5. The van der Waals surface area contributed by atoms with Gasteiger partial charge in [0, 0.05) is 11.4 Å². The highest BCUT2D eigenvalue weighted by Crippen LogP contribution is 2.33. The Morgan fingerprint density at radius 3 is 2.57 bits per heavy atom. The quantitative estimate of drug-likeness (QED) is 0.843. The third-order valence-electron chi connectivity index (χ3n) is 3.59. The molecule has 1 aliphatic rings. The zero-order chi connectivity index (χ0) is 15.5. The van der Waals surface area contributed by atoms with E-state index in [9.17, 15) is 18.0 Å². The van der Waals surface area contributed by atoms with Gasteiger partial charge in [0.25, 0.3) is 0 Å². The molecule has 0 radical (unpaired) electrons. The average molecular weight is 301 g/mol. The van der Waals surface area contributed by atoms with Crippen molar-refractivity contribution in [2.75, 3.05) is 30.7 Å². The summed E-state index contributed by atoms with van der Waals surface area (Å²) in [5.74, 6) is -1.49. The maximum Gasteiger partial charge on any atom is 0.391 e. The van der Waals surface area contributed by atoms with Crippen molar-refractivity contribution in [1.82, 2.24) is 4.90 Å². The summed E-state index contributed by atoms with van der Waals surface area (Å²) in [5, 5.41) is 2.69. The molecule has 0 spiro atoms. The van der Waals surface area contributed by atoms with Gasteiger partial charge in [-0.2, -0.15) is 13.2 Å². The van der Waals surface area contributed by atoms with Crippen LogP contribution in [0.15, 0.2) is 24.3 Å². The molecule has 1 aromatic rings. The van der Waals surface area contributed by atoms with Gasteiger partial charge in [-0.1, -0.05) is 6.07 Å². The van der Waals surface area contributed by atoms with Crippen molar-refractivity contribution in [1.29, 1.82) is 0 Å². The molecule has 1 saturated heterocycles. The number of hydrogen-bond donors (Lipinski definition) is 2. The number of benzene rings is 1. The standard InChI is InChI=1S/C14H18F3N3O/c15-14(16,17)10-4-6-20(7-5-10)9-13(21)19-12-3-1-2-11(18)8-12/h1-3,8,10H,4-7,9,18H2,(H,19,21). The molecule has 0 aromatic heterocycles. The molecule has 0 aliphatic carbocycles. The smallest absolute Gasteiger partial charge is 0.391 e. The highest BCUT2D eigenvalue weighted by molar-refractivity contribution is 5.92. The van der Waals surface area contributed by atoms with Gasteiger partial charge in [-0.25, -0.2) is 0 Å². The van der Waals surface area contributed by atoms with Crippen LogP contribution < -0.4 is 11.1 Å². The molecule has 1 aliphatic heterocycles. The van der Waals surface area contributed by atoms with Crippen molar-refractivity contribution >= 4 is 17.3 Å². The molecule has 3 N–H and O–H groups in total. The lowest BCUT2D eigenvalue weighted by Gasteiger charge is -2.32. The number of halogens is 3. The van der Waals surface area contributed by atoms with Crippen LogP contribution in [-0.2, 0) is 4.79 Å². The van der Waals surface area contributed by atoms with Crippen LogP contribution in [0.2, 0.25) is 0 Å². The van der Waals surface area contributed by atoms with Gasteiger partial charge in [0.1, 0.15) is 0 Å². The van der Waals surface area contributed by atoms with Crippen LogP contribution in [0.25, 0.3) is 0 Å². The number of nitrogens with two attached hydrogens (primary N) is 1. The zero-order valence-corrected chi connectivity index (χ0v) is 11.5. The van der Waals surface area contributed by atoms with Gasteiger partial charge in [0.15, 0.2) is 0 Å². The number of anilines is 2. The molecule has 1 heterocycles. The maximum absolute atomic E-state index is 12.5. The first kappa shape index (κ1) is 15.6. The normalized spacial score (nSPS) is 17.7. The summed E-state index contributed by atoms with van der Waals surface area (Å²) in [4.78, 5) is 13.6. The van der Waals surface area contributed by atoms with E-state index in [-0.39, 0.29) is 38.4 Å². The Labute approximate surface area is 121 Å². The molecular formula is C14H18F3N3O. The summed E-state index contributed by atoms with van der Waals surface area (Å²) in [5.41, 5.74) is 6.74. The largest absolute Gasteiger partial charge is 0.399 e.